The van der Waals surface area contributed by atoms with E-state index in [0.717, 1.165) is 6.07 Å². The Morgan fingerprint density at radius 2 is 1.81 bits per heavy atom. The number of anilines is 1. The molecule has 0 saturated carbocycles. The third kappa shape index (κ3) is 3.92. The Kier molecular flexibility index (Phi) is 4.49. The monoisotopic (exact) mass is 336 g/mol. The van der Waals surface area contributed by atoms with Gasteiger partial charge in [-0.2, -0.15) is 13.2 Å². The van der Waals surface area contributed by atoms with E-state index < -0.39 is 12.3 Å². The summed E-state index contributed by atoms with van der Waals surface area (Å²) in [5.74, 6) is -0.197. The highest BCUT2D eigenvalue weighted by molar-refractivity contribution is 6.42. The molecular weight excluding hydrogens is 328 g/mol. The van der Waals surface area contributed by atoms with E-state index in [1.165, 1.54) is 30.5 Å². The predicted molar refractivity (Wildman–Crippen MR) is 74.5 cm³/mol. The summed E-state index contributed by atoms with van der Waals surface area (Å²) in [4.78, 5) is 3.69. The van der Waals surface area contributed by atoms with Crippen LogP contribution in [0.15, 0.2) is 36.5 Å². The van der Waals surface area contributed by atoms with Crippen LogP contribution < -0.4 is 10.5 Å². The molecule has 0 bridgehead atoms. The van der Waals surface area contributed by atoms with Crippen molar-refractivity contribution in [1.82, 2.24) is 4.98 Å². The summed E-state index contributed by atoms with van der Waals surface area (Å²) in [6.07, 6.45) is -5.64. The quantitative estimate of drug-likeness (QED) is 0.887. The van der Waals surface area contributed by atoms with E-state index in [4.69, 9.17) is 33.7 Å². The van der Waals surface area contributed by atoms with Crippen LogP contribution in [0.1, 0.15) is 11.7 Å². The molecule has 0 aliphatic carbocycles. The first-order valence-corrected chi connectivity index (χ1v) is 6.43. The van der Waals surface area contributed by atoms with E-state index in [1.54, 1.807) is 0 Å². The van der Waals surface area contributed by atoms with Gasteiger partial charge in [-0.3, -0.25) is 0 Å². The molecule has 1 aromatic carbocycles. The molecule has 0 aliphatic heterocycles. The number of pyridine rings is 1. The van der Waals surface area contributed by atoms with Crippen LogP contribution in [0, 0.1) is 0 Å². The van der Waals surface area contributed by atoms with E-state index >= 15 is 0 Å². The number of hydrogen-bond acceptors (Lipinski definition) is 3. The number of halogens is 5. The van der Waals surface area contributed by atoms with Crippen LogP contribution in [-0.2, 0) is 0 Å². The number of nitrogens with two attached hydrogens (primary N) is 1. The maximum Gasteiger partial charge on any atom is 0.429 e. The van der Waals surface area contributed by atoms with Crippen molar-refractivity contribution in [3.8, 4) is 5.88 Å². The van der Waals surface area contributed by atoms with Gasteiger partial charge in [0.15, 0.2) is 0 Å². The lowest BCUT2D eigenvalue weighted by Crippen LogP contribution is -2.26. The minimum Gasteiger partial charge on any atom is -0.460 e. The Labute approximate surface area is 128 Å². The number of benzene rings is 1. The Morgan fingerprint density at radius 3 is 2.33 bits per heavy atom. The fourth-order valence-corrected chi connectivity index (χ4v) is 1.89. The average Bonchev–Trinajstić information content (AvgIpc) is 2.40. The first kappa shape index (κ1) is 15.7. The standard InChI is InChI=1S/C13H9Cl2F3N2O/c14-9-3-1-7(5-10(9)15)12(13(16,17)18)21-11-4-2-8(19)6-20-11/h1-6,12H,19H2. The molecule has 0 amide bonds. The SMILES string of the molecule is Nc1ccc(OC(c2ccc(Cl)c(Cl)c2)C(F)(F)F)nc1. The highest BCUT2D eigenvalue weighted by Gasteiger charge is 2.43. The van der Waals surface area contributed by atoms with E-state index in [1.807, 2.05) is 0 Å². The predicted octanol–water partition coefficient (Wildman–Crippen LogP) is 4.65. The van der Waals surface area contributed by atoms with Crippen LogP contribution in [0.3, 0.4) is 0 Å². The summed E-state index contributed by atoms with van der Waals surface area (Å²) in [6.45, 7) is 0. The van der Waals surface area contributed by atoms with Gasteiger partial charge in [0.25, 0.3) is 0 Å². The zero-order chi connectivity index (χ0) is 15.6. The van der Waals surface area contributed by atoms with Crippen molar-refractivity contribution in [2.24, 2.45) is 0 Å². The first-order chi connectivity index (χ1) is 9.77. The smallest absolute Gasteiger partial charge is 0.429 e. The summed E-state index contributed by atoms with van der Waals surface area (Å²) >= 11 is 11.4. The van der Waals surface area contributed by atoms with E-state index in [9.17, 15) is 13.2 Å². The number of nitrogens with zero attached hydrogens (tertiary/aromatic N) is 1. The van der Waals surface area contributed by atoms with Gasteiger partial charge in [0.2, 0.25) is 12.0 Å². The highest BCUT2D eigenvalue weighted by atomic mass is 35.5. The summed E-state index contributed by atoms with van der Waals surface area (Å²) in [5, 5.41) is 0.171. The Morgan fingerprint density at radius 1 is 1.10 bits per heavy atom. The molecule has 0 spiro atoms. The molecule has 3 nitrogen and oxygen atoms in total. The second-order valence-corrected chi connectivity index (χ2v) is 4.96. The molecular formula is C13H9Cl2F3N2O. The molecule has 0 saturated heterocycles. The second kappa shape index (κ2) is 5.99. The molecule has 0 fully saturated rings. The molecule has 0 aliphatic rings. The number of ether oxygens (including phenoxy) is 1. The van der Waals surface area contributed by atoms with Crippen molar-refractivity contribution in [3.63, 3.8) is 0 Å². The average molecular weight is 337 g/mol. The minimum atomic E-state index is -4.64. The molecule has 21 heavy (non-hydrogen) atoms. The third-order valence-electron chi connectivity index (χ3n) is 2.54. The zero-order valence-electron chi connectivity index (χ0n) is 10.4. The maximum atomic E-state index is 13.1. The van der Waals surface area contributed by atoms with Crippen LogP contribution in [0.5, 0.6) is 5.88 Å². The third-order valence-corrected chi connectivity index (χ3v) is 3.28. The highest BCUT2D eigenvalue weighted by Crippen LogP contribution is 2.38. The van der Waals surface area contributed by atoms with Gasteiger partial charge < -0.3 is 10.5 Å². The molecule has 0 radical (unpaired) electrons. The maximum absolute atomic E-state index is 13.1. The molecule has 1 atom stereocenters. The van der Waals surface area contributed by atoms with Crippen molar-refractivity contribution in [2.45, 2.75) is 12.3 Å². The fourth-order valence-electron chi connectivity index (χ4n) is 1.58. The van der Waals surface area contributed by atoms with Gasteiger partial charge >= 0.3 is 6.18 Å². The summed E-state index contributed by atoms with van der Waals surface area (Å²) in [6, 6.07) is 6.23. The van der Waals surface area contributed by atoms with Crippen molar-refractivity contribution in [2.75, 3.05) is 5.73 Å². The van der Waals surface area contributed by atoms with Crippen LogP contribution in [0.25, 0.3) is 0 Å². The van der Waals surface area contributed by atoms with Gasteiger partial charge in [-0.25, -0.2) is 4.98 Å². The fraction of sp³-hybridized carbons (Fsp3) is 0.154. The second-order valence-electron chi connectivity index (χ2n) is 4.14. The molecule has 1 aromatic heterocycles. The molecule has 112 valence electrons. The van der Waals surface area contributed by atoms with Gasteiger partial charge in [-0.05, 0) is 18.2 Å². The number of alkyl halides is 3. The van der Waals surface area contributed by atoms with Gasteiger partial charge in [-0.1, -0.05) is 29.3 Å². The normalized spacial score (nSPS) is 13.0. The molecule has 1 heterocycles. The van der Waals surface area contributed by atoms with E-state index in [2.05, 4.69) is 4.98 Å². The Hall–Kier alpha value is -1.66. The van der Waals surface area contributed by atoms with Crippen molar-refractivity contribution >= 4 is 28.9 Å². The number of rotatable bonds is 3. The molecule has 1 unspecified atom stereocenters. The van der Waals surface area contributed by atoms with Gasteiger partial charge in [-0.15, -0.1) is 0 Å². The molecule has 2 rings (SSSR count). The molecule has 8 heteroatoms. The lowest BCUT2D eigenvalue weighted by atomic mass is 10.1. The largest absolute Gasteiger partial charge is 0.460 e. The van der Waals surface area contributed by atoms with Crippen LogP contribution >= 0.6 is 23.2 Å². The first-order valence-electron chi connectivity index (χ1n) is 5.67. The van der Waals surface area contributed by atoms with Crippen LogP contribution in [0.2, 0.25) is 10.0 Å². The van der Waals surface area contributed by atoms with Crippen LogP contribution in [0.4, 0.5) is 18.9 Å². The van der Waals surface area contributed by atoms with Gasteiger partial charge in [0.05, 0.1) is 21.9 Å². The van der Waals surface area contributed by atoms with Crippen LogP contribution in [-0.4, -0.2) is 11.2 Å². The zero-order valence-corrected chi connectivity index (χ0v) is 11.9. The lowest BCUT2D eigenvalue weighted by Gasteiger charge is -2.22. The summed E-state index contributed by atoms with van der Waals surface area (Å²) < 4.78 is 44.4. The van der Waals surface area contributed by atoms with E-state index in [0.29, 0.717) is 5.69 Å². The minimum absolute atomic E-state index is 0.0114. The number of aromatic nitrogens is 1. The van der Waals surface area contributed by atoms with Gasteiger partial charge in [0, 0.05) is 11.6 Å². The molecule has 2 N–H and O–H groups in total. The lowest BCUT2D eigenvalue weighted by molar-refractivity contribution is -0.198. The number of hydrogen-bond donors (Lipinski definition) is 1. The van der Waals surface area contributed by atoms with E-state index in [-0.39, 0.29) is 21.5 Å². The Bertz CT molecular complexity index is 632. The topological polar surface area (TPSA) is 48.1 Å². The molecule has 2 aromatic rings. The van der Waals surface area contributed by atoms with Crippen molar-refractivity contribution in [3.05, 3.63) is 52.1 Å². The number of nitrogen functional groups attached to an aromatic ring is 1. The summed E-state index contributed by atoms with van der Waals surface area (Å²) in [5.41, 5.74) is 5.57. The van der Waals surface area contributed by atoms with Gasteiger partial charge in [0.1, 0.15) is 0 Å². The van der Waals surface area contributed by atoms with Crippen molar-refractivity contribution < 1.29 is 17.9 Å². The Balaban J connectivity index is 2.34. The van der Waals surface area contributed by atoms with Crippen molar-refractivity contribution in [1.29, 1.82) is 0 Å². The summed E-state index contributed by atoms with van der Waals surface area (Å²) in [7, 11) is 0.